The minimum absolute atomic E-state index is 0.141. The van der Waals surface area contributed by atoms with Gasteiger partial charge in [0, 0.05) is 6.92 Å². The van der Waals surface area contributed by atoms with Crippen LogP contribution < -0.4 is 0 Å². The second-order valence-electron chi connectivity index (χ2n) is 6.22. The van der Waals surface area contributed by atoms with Gasteiger partial charge in [0.15, 0.2) is 0 Å². The van der Waals surface area contributed by atoms with Gasteiger partial charge in [0.2, 0.25) is 6.29 Å². The minimum atomic E-state index is -0.869. The molecule has 0 N–H and O–H groups in total. The quantitative estimate of drug-likeness (QED) is 0.559. The molecule has 1 aliphatic heterocycles. The van der Waals surface area contributed by atoms with Crippen LogP contribution in [0.25, 0.3) is 0 Å². The summed E-state index contributed by atoms with van der Waals surface area (Å²) in [7, 11) is 0. The first kappa shape index (κ1) is 19.6. The van der Waals surface area contributed by atoms with E-state index in [4.69, 9.17) is 18.9 Å². The molecular weight excluding hydrogens is 364 g/mol. The zero-order valence-electron chi connectivity index (χ0n) is 15.3. The lowest BCUT2D eigenvalue weighted by Crippen LogP contribution is -2.32. The molecule has 1 fully saturated rings. The third-order valence-electron chi connectivity index (χ3n) is 4.12. The predicted octanol–water partition coefficient (Wildman–Crippen LogP) is 2.75. The van der Waals surface area contributed by atoms with E-state index in [0.717, 1.165) is 0 Å². The largest absolute Gasteiger partial charge is 0.459 e. The van der Waals surface area contributed by atoms with Gasteiger partial charge >= 0.3 is 17.9 Å². The van der Waals surface area contributed by atoms with E-state index in [1.165, 1.54) is 6.92 Å². The van der Waals surface area contributed by atoms with Crippen LogP contribution in [0.5, 0.6) is 0 Å². The van der Waals surface area contributed by atoms with Crippen LogP contribution in [0.4, 0.5) is 0 Å². The van der Waals surface area contributed by atoms with E-state index >= 15 is 0 Å². The van der Waals surface area contributed by atoms with Gasteiger partial charge in [0.05, 0.1) is 17.5 Å². The lowest BCUT2D eigenvalue weighted by Gasteiger charge is -2.18. The van der Waals surface area contributed by atoms with Gasteiger partial charge < -0.3 is 18.9 Å². The molecule has 28 heavy (non-hydrogen) atoms. The van der Waals surface area contributed by atoms with Gasteiger partial charge in [-0.3, -0.25) is 4.79 Å². The minimum Gasteiger partial charge on any atom is -0.459 e. The topological polar surface area (TPSA) is 88.1 Å². The fraction of sp³-hybridized carbons (Fsp3) is 0.286. The van der Waals surface area contributed by atoms with E-state index in [2.05, 4.69) is 0 Å². The number of hydrogen-bond donors (Lipinski definition) is 0. The molecule has 7 nitrogen and oxygen atoms in total. The van der Waals surface area contributed by atoms with Gasteiger partial charge in [0.1, 0.15) is 18.8 Å². The monoisotopic (exact) mass is 384 g/mol. The Morgan fingerprint density at radius 1 is 0.893 bits per heavy atom. The average Bonchev–Trinajstić information content (AvgIpc) is 3.07. The zero-order chi connectivity index (χ0) is 19.9. The summed E-state index contributed by atoms with van der Waals surface area (Å²) in [5.74, 6) is -1.56. The smallest absolute Gasteiger partial charge is 0.338 e. The molecule has 3 rings (SSSR count). The third-order valence-corrected chi connectivity index (χ3v) is 4.12. The first-order chi connectivity index (χ1) is 13.5. The van der Waals surface area contributed by atoms with Crippen molar-refractivity contribution in [3.63, 3.8) is 0 Å². The number of benzene rings is 2. The van der Waals surface area contributed by atoms with E-state index in [-0.39, 0.29) is 13.0 Å². The van der Waals surface area contributed by atoms with Gasteiger partial charge in [0.25, 0.3) is 0 Å². The summed E-state index contributed by atoms with van der Waals surface area (Å²) < 4.78 is 21.5. The number of ether oxygens (including phenoxy) is 4. The number of carbonyl (C=O) groups excluding carboxylic acids is 3. The highest BCUT2D eigenvalue weighted by Gasteiger charge is 2.40. The van der Waals surface area contributed by atoms with Crippen LogP contribution in [0.1, 0.15) is 34.1 Å². The molecule has 2 aromatic rings. The highest BCUT2D eigenvalue weighted by molar-refractivity contribution is 5.90. The molecular formula is C21H20O7. The molecule has 1 saturated heterocycles. The second kappa shape index (κ2) is 9.14. The Hall–Kier alpha value is -3.19. The molecule has 0 unspecified atom stereocenters. The maximum atomic E-state index is 12.3. The molecule has 1 heterocycles. The average molecular weight is 384 g/mol. The SMILES string of the molecule is CC(=O)O[C@H]1C[C@H](OC(=O)c2ccccc2)[C@@H](COC(=O)c2ccccc2)O1. The zero-order valence-corrected chi connectivity index (χ0v) is 15.3. The van der Waals surface area contributed by atoms with Crippen LogP contribution in [-0.4, -0.2) is 43.0 Å². The van der Waals surface area contributed by atoms with E-state index in [1.807, 2.05) is 0 Å². The second-order valence-corrected chi connectivity index (χ2v) is 6.22. The van der Waals surface area contributed by atoms with Crippen molar-refractivity contribution in [2.24, 2.45) is 0 Å². The summed E-state index contributed by atoms with van der Waals surface area (Å²) in [4.78, 5) is 35.7. The van der Waals surface area contributed by atoms with Crippen LogP contribution in [0.15, 0.2) is 60.7 Å². The molecule has 0 aliphatic carbocycles. The fourth-order valence-corrected chi connectivity index (χ4v) is 2.81. The lowest BCUT2D eigenvalue weighted by atomic mass is 10.1. The highest BCUT2D eigenvalue weighted by Crippen LogP contribution is 2.26. The highest BCUT2D eigenvalue weighted by atomic mass is 16.7. The van der Waals surface area contributed by atoms with Crippen LogP contribution in [0, 0.1) is 0 Å². The van der Waals surface area contributed by atoms with Crippen molar-refractivity contribution in [3.05, 3.63) is 71.8 Å². The van der Waals surface area contributed by atoms with Crippen LogP contribution in [0.2, 0.25) is 0 Å². The Kier molecular flexibility index (Phi) is 6.39. The van der Waals surface area contributed by atoms with Gasteiger partial charge in [-0.05, 0) is 24.3 Å². The summed E-state index contributed by atoms with van der Waals surface area (Å²) in [6, 6.07) is 17.0. The molecule has 0 saturated carbocycles. The standard InChI is InChI=1S/C21H20O7/c1-14(22)26-19-12-17(28-21(24)16-10-6-3-7-11-16)18(27-19)13-25-20(23)15-8-4-2-5-9-15/h2-11,17-19H,12-13H2,1H3/t17-,18+,19+/m0/s1. The molecule has 146 valence electrons. The summed E-state index contributed by atoms with van der Waals surface area (Å²) in [5, 5.41) is 0. The van der Waals surface area contributed by atoms with Gasteiger partial charge in [-0.25, -0.2) is 9.59 Å². The summed E-state index contributed by atoms with van der Waals surface area (Å²) >= 11 is 0. The number of hydrogen-bond acceptors (Lipinski definition) is 7. The number of carbonyl (C=O) groups is 3. The van der Waals surface area contributed by atoms with Crippen LogP contribution in [0.3, 0.4) is 0 Å². The molecule has 1 aliphatic rings. The van der Waals surface area contributed by atoms with Crippen molar-refractivity contribution in [1.82, 2.24) is 0 Å². The first-order valence-electron chi connectivity index (χ1n) is 8.84. The fourth-order valence-electron chi connectivity index (χ4n) is 2.81. The maximum Gasteiger partial charge on any atom is 0.338 e. The molecule has 0 amide bonds. The Bertz CT molecular complexity index is 819. The Labute approximate surface area is 162 Å². The van der Waals surface area contributed by atoms with Crippen LogP contribution >= 0.6 is 0 Å². The van der Waals surface area contributed by atoms with Gasteiger partial charge in [-0.2, -0.15) is 0 Å². The van der Waals surface area contributed by atoms with Gasteiger partial charge in [-0.15, -0.1) is 0 Å². The Morgan fingerprint density at radius 2 is 1.46 bits per heavy atom. The van der Waals surface area contributed by atoms with E-state index in [9.17, 15) is 14.4 Å². The van der Waals surface area contributed by atoms with Gasteiger partial charge in [-0.1, -0.05) is 36.4 Å². The lowest BCUT2D eigenvalue weighted by molar-refractivity contribution is -0.175. The predicted molar refractivity (Wildman–Crippen MR) is 97.4 cm³/mol. The van der Waals surface area contributed by atoms with Crippen molar-refractivity contribution in [2.45, 2.75) is 31.8 Å². The molecule has 3 atom stereocenters. The maximum absolute atomic E-state index is 12.3. The Morgan fingerprint density at radius 3 is 2.04 bits per heavy atom. The summed E-state index contributed by atoms with van der Waals surface area (Å²) in [6.45, 7) is 1.12. The van der Waals surface area contributed by atoms with E-state index in [1.54, 1.807) is 60.7 Å². The van der Waals surface area contributed by atoms with Crippen molar-refractivity contribution in [3.8, 4) is 0 Å². The van der Waals surface area contributed by atoms with Crippen molar-refractivity contribution in [2.75, 3.05) is 6.61 Å². The number of esters is 3. The molecule has 0 radical (unpaired) electrons. The number of rotatable bonds is 6. The van der Waals surface area contributed by atoms with Crippen LogP contribution in [-0.2, 0) is 23.7 Å². The van der Waals surface area contributed by atoms with E-state index < -0.39 is 36.4 Å². The molecule has 0 bridgehead atoms. The normalized spacial score (nSPS) is 21.0. The third kappa shape index (κ3) is 5.17. The summed E-state index contributed by atoms with van der Waals surface area (Å²) in [5.41, 5.74) is 0.785. The van der Waals surface area contributed by atoms with Crippen molar-refractivity contribution >= 4 is 17.9 Å². The van der Waals surface area contributed by atoms with Crippen molar-refractivity contribution < 1.29 is 33.3 Å². The first-order valence-corrected chi connectivity index (χ1v) is 8.84. The molecule has 2 aromatic carbocycles. The summed E-state index contributed by atoms with van der Waals surface area (Å²) in [6.07, 6.45) is -2.18. The molecule has 0 aromatic heterocycles. The Balaban J connectivity index is 1.64. The van der Waals surface area contributed by atoms with E-state index in [0.29, 0.717) is 11.1 Å². The molecule has 7 heteroatoms. The molecule has 0 spiro atoms. The van der Waals surface area contributed by atoms with Crippen molar-refractivity contribution in [1.29, 1.82) is 0 Å².